The van der Waals surface area contributed by atoms with E-state index < -0.39 is 0 Å². The van der Waals surface area contributed by atoms with Crippen molar-refractivity contribution in [1.82, 2.24) is 5.32 Å². The summed E-state index contributed by atoms with van der Waals surface area (Å²) in [5.74, 6) is -0.131. The molecule has 19 heavy (non-hydrogen) atoms. The molecule has 106 valence electrons. The molecule has 2 nitrogen and oxygen atoms in total. The molecule has 0 aromatic heterocycles. The van der Waals surface area contributed by atoms with Crippen molar-refractivity contribution in [3.63, 3.8) is 0 Å². The van der Waals surface area contributed by atoms with Gasteiger partial charge in [0.2, 0.25) is 0 Å². The standard InChI is InChI=1S/C16H24FNO/c1-12-7-8-14(11-16(12)17)13(2)18-9-10-19-15-5-3-4-6-15/h7-8,11,13,15,18H,3-6,9-10H2,1-2H3. The first kappa shape index (κ1) is 14.5. The minimum absolute atomic E-state index is 0.131. The van der Waals surface area contributed by atoms with Gasteiger partial charge in [-0.05, 0) is 43.9 Å². The molecule has 1 saturated carbocycles. The first-order chi connectivity index (χ1) is 9.16. The van der Waals surface area contributed by atoms with Crippen molar-refractivity contribution in [3.8, 4) is 0 Å². The summed E-state index contributed by atoms with van der Waals surface area (Å²) >= 11 is 0. The van der Waals surface area contributed by atoms with Crippen LogP contribution in [0.5, 0.6) is 0 Å². The van der Waals surface area contributed by atoms with Crippen LogP contribution in [0, 0.1) is 12.7 Å². The molecule has 0 heterocycles. The van der Waals surface area contributed by atoms with Crippen molar-refractivity contribution in [1.29, 1.82) is 0 Å². The van der Waals surface area contributed by atoms with E-state index in [2.05, 4.69) is 12.2 Å². The molecular weight excluding hydrogens is 241 g/mol. The summed E-state index contributed by atoms with van der Waals surface area (Å²) < 4.78 is 19.3. The zero-order valence-electron chi connectivity index (χ0n) is 11.9. The van der Waals surface area contributed by atoms with E-state index in [1.54, 1.807) is 13.0 Å². The Balaban J connectivity index is 1.71. The molecule has 1 aliphatic rings. The topological polar surface area (TPSA) is 21.3 Å². The lowest BCUT2D eigenvalue weighted by molar-refractivity contribution is 0.0593. The molecule has 0 amide bonds. The molecule has 3 heteroatoms. The summed E-state index contributed by atoms with van der Waals surface area (Å²) in [6.45, 7) is 5.39. The highest BCUT2D eigenvalue weighted by Crippen LogP contribution is 2.20. The minimum Gasteiger partial charge on any atom is -0.377 e. The maximum atomic E-state index is 13.5. The van der Waals surface area contributed by atoms with Gasteiger partial charge in [-0.2, -0.15) is 0 Å². The number of ether oxygens (including phenoxy) is 1. The fourth-order valence-electron chi connectivity index (χ4n) is 2.55. The maximum Gasteiger partial charge on any atom is 0.126 e. The molecule has 1 unspecified atom stereocenters. The Morgan fingerprint density at radius 3 is 2.79 bits per heavy atom. The van der Waals surface area contributed by atoms with Crippen LogP contribution in [0.15, 0.2) is 18.2 Å². The molecule has 0 radical (unpaired) electrons. The number of hydrogen-bond acceptors (Lipinski definition) is 2. The van der Waals surface area contributed by atoms with E-state index in [9.17, 15) is 4.39 Å². The van der Waals surface area contributed by atoms with Crippen LogP contribution in [-0.4, -0.2) is 19.3 Å². The molecule has 0 saturated heterocycles. The smallest absolute Gasteiger partial charge is 0.126 e. The highest BCUT2D eigenvalue weighted by atomic mass is 19.1. The number of hydrogen-bond donors (Lipinski definition) is 1. The van der Waals surface area contributed by atoms with E-state index in [1.165, 1.54) is 25.7 Å². The van der Waals surface area contributed by atoms with Gasteiger partial charge in [-0.3, -0.25) is 0 Å². The van der Waals surface area contributed by atoms with Gasteiger partial charge in [-0.15, -0.1) is 0 Å². The molecule has 1 aliphatic carbocycles. The van der Waals surface area contributed by atoms with Gasteiger partial charge in [0.25, 0.3) is 0 Å². The lowest BCUT2D eigenvalue weighted by Crippen LogP contribution is -2.25. The number of aryl methyl sites for hydroxylation is 1. The molecule has 0 bridgehead atoms. The number of halogens is 1. The second kappa shape index (κ2) is 7.01. The van der Waals surface area contributed by atoms with Gasteiger partial charge in [-0.25, -0.2) is 4.39 Å². The van der Waals surface area contributed by atoms with Gasteiger partial charge < -0.3 is 10.1 Å². The monoisotopic (exact) mass is 265 g/mol. The van der Waals surface area contributed by atoms with Gasteiger partial charge in [-0.1, -0.05) is 25.0 Å². The van der Waals surface area contributed by atoms with E-state index in [-0.39, 0.29) is 11.9 Å². The zero-order valence-corrected chi connectivity index (χ0v) is 11.9. The third-order valence-corrected chi connectivity index (χ3v) is 3.90. The number of nitrogens with one attached hydrogen (secondary N) is 1. The normalized spacial score (nSPS) is 17.8. The van der Waals surface area contributed by atoms with Gasteiger partial charge in [0.15, 0.2) is 0 Å². The van der Waals surface area contributed by atoms with Crippen LogP contribution in [0.2, 0.25) is 0 Å². The Bertz CT molecular complexity index is 402. The van der Waals surface area contributed by atoms with Gasteiger partial charge in [0, 0.05) is 12.6 Å². The quantitative estimate of drug-likeness (QED) is 0.791. The fraction of sp³-hybridized carbons (Fsp3) is 0.625. The fourth-order valence-corrected chi connectivity index (χ4v) is 2.55. The predicted octanol–water partition coefficient (Wildman–Crippen LogP) is 3.74. The third kappa shape index (κ3) is 4.29. The molecule has 1 atom stereocenters. The molecule has 1 aromatic carbocycles. The van der Waals surface area contributed by atoms with Crippen molar-refractivity contribution in [3.05, 3.63) is 35.1 Å². The van der Waals surface area contributed by atoms with Crippen LogP contribution >= 0.6 is 0 Å². The summed E-state index contributed by atoms with van der Waals surface area (Å²) in [7, 11) is 0. The van der Waals surface area contributed by atoms with Gasteiger partial charge >= 0.3 is 0 Å². The SMILES string of the molecule is Cc1ccc(C(C)NCCOC2CCCC2)cc1F. The lowest BCUT2D eigenvalue weighted by atomic mass is 10.1. The molecule has 1 aromatic rings. The number of benzene rings is 1. The van der Waals surface area contributed by atoms with Gasteiger partial charge in [0.05, 0.1) is 12.7 Å². The summed E-state index contributed by atoms with van der Waals surface area (Å²) in [5.41, 5.74) is 1.68. The van der Waals surface area contributed by atoms with Crippen LogP contribution in [-0.2, 0) is 4.74 Å². The highest BCUT2D eigenvalue weighted by molar-refractivity contribution is 5.25. The number of rotatable bonds is 6. The molecule has 1 N–H and O–H groups in total. The first-order valence-electron chi connectivity index (χ1n) is 7.28. The Morgan fingerprint density at radius 2 is 2.11 bits per heavy atom. The second-order valence-corrected chi connectivity index (χ2v) is 5.46. The second-order valence-electron chi connectivity index (χ2n) is 5.46. The summed E-state index contributed by atoms with van der Waals surface area (Å²) in [5, 5.41) is 3.38. The van der Waals surface area contributed by atoms with Gasteiger partial charge in [0.1, 0.15) is 5.82 Å². The maximum absolute atomic E-state index is 13.5. The summed E-state index contributed by atoms with van der Waals surface area (Å²) in [6.07, 6.45) is 5.49. The van der Waals surface area contributed by atoms with E-state index >= 15 is 0 Å². The average Bonchev–Trinajstić information content (AvgIpc) is 2.91. The van der Waals surface area contributed by atoms with E-state index in [0.717, 1.165) is 18.7 Å². The Morgan fingerprint density at radius 1 is 1.37 bits per heavy atom. The van der Waals surface area contributed by atoms with Crippen LogP contribution < -0.4 is 5.32 Å². The predicted molar refractivity (Wildman–Crippen MR) is 75.8 cm³/mol. The third-order valence-electron chi connectivity index (χ3n) is 3.90. The van der Waals surface area contributed by atoms with Crippen LogP contribution in [0.4, 0.5) is 4.39 Å². The van der Waals surface area contributed by atoms with Crippen molar-refractivity contribution in [2.75, 3.05) is 13.2 Å². The van der Waals surface area contributed by atoms with Crippen molar-refractivity contribution >= 4 is 0 Å². The van der Waals surface area contributed by atoms with E-state index in [4.69, 9.17) is 4.74 Å². The Hall–Kier alpha value is -0.930. The molecule has 2 rings (SSSR count). The molecular formula is C16H24FNO. The molecule has 0 spiro atoms. The van der Waals surface area contributed by atoms with Crippen LogP contribution in [0.3, 0.4) is 0 Å². The Kier molecular flexibility index (Phi) is 5.34. The Labute approximate surface area is 115 Å². The molecule has 1 fully saturated rings. The molecule has 0 aliphatic heterocycles. The minimum atomic E-state index is -0.131. The summed E-state index contributed by atoms with van der Waals surface area (Å²) in [6, 6.07) is 5.58. The zero-order chi connectivity index (χ0) is 13.7. The largest absolute Gasteiger partial charge is 0.377 e. The van der Waals surface area contributed by atoms with E-state index in [0.29, 0.717) is 11.7 Å². The lowest BCUT2D eigenvalue weighted by Gasteiger charge is -2.16. The van der Waals surface area contributed by atoms with Crippen molar-refractivity contribution in [2.24, 2.45) is 0 Å². The summed E-state index contributed by atoms with van der Waals surface area (Å²) in [4.78, 5) is 0. The van der Waals surface area contributed by atoms with Crippen molar-refractivity contribution in [2.45, 2.75) is 51.7 Å². The van der Waals surface area contributed by atoms with Crippen LogP contribution in [0.25, 0.3) is 0 Å². The van der Waals surface area contributed by atoms with Crippen LogP contribution in [0.1, 0.15) is 49.8 Å². The average molecular weight is 265 g/mol. The van der Waals surface area contributed by atoms with Crippen molar-refractivity contribution < 1.29 is 9.13 Å². The first-order valence-corrected chi connectivity index (χ1v) is 7.28. The highest BCUT2D eigenvalue weighted by Gasteiger charge is 2.15. The van der Waals surface area contributed by atoms with E-state index in [1.807, 2.05) is 12.1 Å².